The Balaban J connectivity index is 1.78. The van der Waals surface area contributed by atoms with Crippen LogP contribution in [0, 0.1) is 11.3 Å². The number of thioether (sulfide) groups is 1. The average Bonchev–Trinajstić information content (AvgIpc) is 3.02. The van der Waals surface area contributed by atoms with Gasteiger partial charge in [0.2, 0.25) is 5.16 Å². The number of halogens is 1. The van der Waals surface area contributed by atoms with Crippen LogP contribution in [0.15, 0.2) is 53.7 Å². The minimum Gasteiger partial charge on any atom is -0.192 e. The van der Waals surface area contributed by atoms with Crippen molar-refractivity contribution in [3.05, 3.63) is 64.7 Å². The van der Waals surface area contributed by atoms with Gasteiger partial charge in [-0.25, -0.2) is 0 Å². The molecule has 0 amide bonds. The van der Waals surface area contributed by atoms with Gasteiger partial charge in [-0.05, 0) is 52.4 Å². The summed E-state index contributed by atoms with van der Waals surface area (Å²) in [4.78, 5) is 0. The van der Waals surface area contributed by atoms with Gasteiger partial charge < -0.3 is 0 Å². The molecule has 22 heavy (non-hydrogen) atoms. The van der Waals surface area contributed by atoms with Crippen molar-refractivity contribution < 1.29 is 0 Å². The first-order valence-electron chi connectivity index (χ1n) is 6.42. The van der Waals surface area contributed by atoms with Crippen LogP contribution in [-0.4, -0.2) is 20.2 Å². The van der Waals surface area contributed by atoms with Gasteiger partial charge in [0.25, 0.3) is 0 Å². The molecule has 1 heterocycles. The summed E-state index contributed by atoms with van der Waals surface area (Å²) in [5.41, 5.74) is 2.55. The van der Waals surface area contributed by atoms with E-state index in [1.807, 2.05) is 30.3 Å². The van der Waals surface area contributed by atoms with Crippen LogP contribution in [0.5, 0.6) is 0 Å². The molecule has 0 aliphatic rings. The minimum absolute atomic E-state index is 0.649. The lowest BCUT2D eigenvalue weighted by atomic mass is 10.2. The van der Waals surface area contributed by atoms with Crippen molar-refractivity contribution in [3.8, 4) is 11.8 Å². The Kier molecular flexibility index (Phi) is 4.37. The summed E-state index contributed by atoms with van der Waals surface area (Å²) in [6.45, 7) is 0. The molecule has 0 aliphatic heterocycles. The van der Waals surface area contributed by atoms with E-state index in [4.69, 9.17) is 16.9 Å². The van der Waals surface area contributed by atoms with Crippen LogP contribution in [-0.2, 0) is 5.75 Å². The molecule has 0 spiro atoms. The van der Waals surface area contributed by atoms with E-state index in [0.29, 0.717) is 21.5 Å². The summed E-state index contributed by atoms with van der Waals surface area (Å²) in [6.07, 6.45) is 0. The van der Waals surface area contributed by atoms with Gasteiger partial charge in [-0.1, -0.05) is 35.5 Å². The Morgan fingerprint density at radius 2 is 2.00 bits per heavy atom. The number of hydrogen-bond acceptors (Lipinski definition) is 5. The second-order valence-electron chi connectivity index (χ2n) is 4.45. The fraction of sp³-hybridized carbons (Fsp3) is 0.0667. The van der Waals surface area contributed by atoms with Crippen molar-refractivity contribution in [1.29, 1.82) is 5.26 Å². The van der Waals surface area contributed by atoms with Crippen molar-refractivity contribution in [2.45, 2.75) is 10.9 Å². The highest BCUT2D eigenvalue weighted by Crippen LogP contribution is 2.23. The maximum absolute atomic E-state index is 8.93. The van der Waals surface area contributed by atoms with Crippen LogP contribution < -0.4 is 0 Å². The normalized spacial score (nSPS) is 10.4. The number of nitrogens with zero attached hydrogens (tertiary/aromatic N) is 5. The zero-order valence-corrected chi connectivity index (χ0v) is 12.9. The van der Waals surface area contributed by atoms with E-state index in [1.54, 1.807) is 22.9 Å². The zero-order valence-electron chi connectivity index (χ0n) is 11.3. The molecule has 0 saturated heterocycles. The molecule has 2 aromatic carbocycles. The zero-order chi connectivity index (χ0) is 15.4. The van der Waals surface area contributed by atoms with Gasteiger partial charge in [0.15, 0.2) is 0 Å². The van der Waals surface area contributed by atoms with E-state index in [-0.39, 0.29) is 0 Å². The largest absolute Gasteiger partial charge is 0.214 e. The van der Waals surface area contributed by atoms with Crippen molar-refractivity contribution >= 4 is 23.4 Å². The Morgan fingerprint density at radius 1 is 1.18 bits per heavy atom. The molecular weight excluding hydrogens is 318 g/mol. The first-order chi connectivity index (χ1) is 10.8. The predicted octanol–water partition coefficient (Wildman–Crippen LogP) is 3.48. The highest BCUT2D eigenvalue weighted by atomic mass is 35.5. The summed E-state index contributed by atoms with van der Waals surface area (Å²) >= 11 is 7.40. The van der Waals surface area contributed by atoms with E-state index in [2.05, 4.69) is 21.6 Å². The fourth-order valence-electron chi connectivity index (χ4n) is 1.89. The molecule has 0 saturated carbocycles. The number of tetrazole rings is 1. The summed E-state index contributed by atoms with van der Waals surface area (Å²) in [7, 11) is 0. The fourth-order valence-corrected chi connectivity index (χ4v) is 2.85. The summed E-state index contributed by atoms with van der Waals surface area (Å²) < 4.78 is 1.66. The standard InChI is InChI=1S/C15H10ClN5S/c16-13-4-6-14(7-5-13)21-15(18-19-20-21)22-10-12-3-1-2-11(8-12)9-17/h1-8H,10H2. The van der Waals surface area contributed by atoms with Gasteiger partial charge in [-0.2, -0.15) is 9.94 Å². The Hall–Kier alpha value is -2.36. The lowest BCUT2D eigenvalue weighted by molar-refractivity contribution is 0.756. The molecule has 108 valence electrons. The monoisotopic (exact) mass is 327 g/mol. The molecule has 1 aromatic heterocycles. The molecule has 0 aliphatic carbocycles. The minimum atomic E-state index is 0.649. The first-order valence-corrected chi connectivity index (χ1v) is 7.79. The van der Waals surface area contributed by atoms with Gasteiger partial charge in [0, 0.05) is 10.8 Å². The molecule has 0 unspecified atom stereocenters. The molecule has 0 fully saturated rings. The highest BCUT2D eigenvalue weighted by molar-refractivity contribution is 7.98. The molecule has 3 rings (SSSR count). The molecule has 5 nitrogen and oxygen atoms in total. The molecule has 0 bridgehead atoms. The third-order valence-corrected chi connectivity index (χ3v) is 4.18. The Morgan fingerprint density at radius 3 is 2.77 bits per heavy atom. The smallest absolute Gasteiger partial charge is 0.192 e. The topological polar surface area (TPSA) is 67.4 Å². The van der Waals surface area contributed by atoms with Crippen molar-refractivity contribution in [2.75, 3.05) is 0 Å². The van der Waals surface area contributed by atoms with Crippen molar-refractivity contribution in [1.82, 2.24) is 20.2 Å². The highest BCUT2D eigenvalue weighted by Gasteiger charge is 2.09. The van der Waals surface area contributed by atoms with Crippen LogP contribution in [0.3, 0.4) is 0 Å². The summed E-state index contributed by atoms with van der Waals surface area (Å²) in [6, 6.07) is 16.9. The van der Waals surface area contributed by atoms with E-state index < -0.39 is 0 Å². The maximum Gasteiger partial charge on any atom is 0.214 e. The number of hydrogen-bond donors (Lipinski definition) is 0. The number of nitriles is 1. The SMILES string of the molecule is N#Cc1cccc(CSc2nnnn2-c2ccc(Cl)cc2)c1. The quantitative estimate of drug-likeness (QED) is 0.686. The maximum atomic E-state index is 8.93. The van der Waals surface area contributed by atoms with Crippen LogP contribution in [0.2, 0.25) is 5.02 Å². The van der Waals surface area contributed by atoms with Crippen molar-refractivity contribution in [2.24, 2.45) is 0 Å². The lowest BCUT2D eigenvalue weighted by Crippen LogP contribution is -1.98. The number of aromatic nitrogens is 4. The summed E-state index contributed by atoms with van der Waals surface area (Å²) in [5.74, 6) is 0.684. The number of benzene rings is 2. The third kappa shape index (κ3) is 3.27. The van der Waals surface area contributed by atoms with Gasteiger partial charge in [0.1, 0.15) is 0 Å². The molecule has 3 aromatic rings. The Bertz CT molecular complexity index is 822. The third-order valence-electron chi connectivity index (χ3n) is 2.94. The average molecular weight is 328 g/mol. The number of rotatable bonds is 4. The van der Waals surface area contributed by atoms with E-state index in [0.717, 1.165) is 11.3 Å². The van der Waals surface area contributed by atoms with E-state index >= 15 is 0 Å². The van der Waals surface area contributed by atoms with E-state index in [9.17, 15) is 0 Å². The van der Waals surface area contributed by atoms with Crippen LogP contribution in [0.4, 0.5) is 0 Å². The molecular formula is C15H10ClN5S. The molecule has 0 N–H and O–H groups in total. The van der Waals surface area contributed by atoms with Crippen LogP contribution in [0.25, 0.3) is 5.69 Å². The predicted molar refractivity (Wildman–Crippen MR) is 84.9 cm³/mol. The lowest BCUT2D eigenvalue weighted by Gasteiger charge is -2.04. The van der Waals surface area contributed by atoms with Gasteiger partial charge >= 0.3 is 0 Å². The second-order valence-corrected chi connectivity index (χ2v) is 5.83. The Labute approximate surface area is 136 Å². The van der Waals surface area contributed by atoms with Gasteiger partial charge in [-0.3, -0.25) is 0 Å². The van der Waals surface area contributed by atoms with Crippen molar-refractivity contribution in [3.63, 3.8) is 0 Å². The van der Waals surface area contributed by atoms with Gasteiger partial charge in [-0.15, -0.1) is 5.10 Å². The molecule has 7 heteroatoms. The summed E-state index contributed by atoms with van der Waals surface area (Å²) in [5, 5.41) is 22.0. The molecule has 0 atom stereocenters. The first kappa shape index (κ1) is 14.6. The van der Waals surface area contributed by atoms with Crippen LogP contribution in [0.1, 0.15) is 11.1 Å². The van der Waals surface area contributed by atoms with E-state index in [1.165, 1.54) is 11.8 Å². The molecule has 0 radical (unpaired) electrons. The van der Waals surface area contributed by atoms with Crippen LogP contribution >= 0.6 is 23.4 Å². The van der Waals surface area contributed by atoms with Gasteiger partial charge in [0.05, 0.1) is 17.3 Å². The second kappa shape index (κ2) is 6.60.